The van der Waals surface area contributed by atoms with Gasteiger partial charge in [0.05, 0.1) is 18.4 Å². The van der Waals surface area contributed by atoms with E-state index in [9.17, 15) is 9.59 Å². The van der Waals surface area contributed by atoms with Crippen molar-refractivity contribution in [2.75, 3.05) is 17.3 Å². The Morgan fingerprint density at radius 3 is 2.40 bits per heavy atom. The van der Waals surface area contributed by atoms with Gasteiger partial charge in [0.25, 0.3) is 11.8 Å². The van der Waals surface area contributed by atoms with Gasteiger partial charge in [-0.15, -0.1) is 11.3 Å². The number of imide groups is 1. The highest BCUT2D eigenvalue weighted by atomic mass is 35.5. The van der Waals surface area contributed by atoms with Crippen LogP contribution in [0.25, 0.3) is 5.57 Å². The Labute approximate surface area is 187 Å². The zero-order valence-electron chi connectivity index (χ0n) is 16.0. The van der Waals surface area contributed by atoms with Crippen molar-refractivity contribution >= 4 is 63.3 Å². The molecule has 0 unspecified atom stereocenters. The second-order valence-electron chi connectivity index (χ2n) is 6.57. The summed E-state index contributed by atoms with van der Waals surface area (Å²) >= 11 is 13.6. The van der Waals surface area contributed by atoms with Crippen LogP contribution in [0.3, 0.4) is 0 Å². The number of aryl methyl sites for hydroxylation is 1. The summed E-state index contributed by atoms with van der Waals surface area (Å²) in [6.45, 7) is 1.87. The number of nitrogens with zero attached hydrogens (tertiary/aromatic N) is 1. The second-order valence-corrected chi connectivity index (χ2v) is 8.39. The standard InChI is InChI=1S/C22H16Cl2N2O3S/c1-12-10-13(23)5-7-15(12)25-20-19(18-4-3-9-30-18)21(27)26(22(20)28)16-11-14(24)6-8-17(16)29-2/h3-11,25H,1-2H3. The number of carbonyl (C=O) groups excluding carboxylic acids is 2. The average Bonchev–Trinajstić information content (AvgIpc) is 3.31. The first-order valence-electron chi connectivity index (χ1n) is 8.94. The fourth-order valence-electron chi connectivity index (χ4n) is 3.25. The first-order valence-corrected chi connectivity index (χ1v) is 10.6. The molecule has 2 aromatic carbocycles. The molecule has 0 spiro atoms. The smallest absolute Gasteiger partial charge is 0.282 e. The molecule has 1 aromatic heterocycles. The van der Waals surface area contributed by atoms with Gasteiger partial charge in [-0.05, 0) is 60.3 Å². The lowest BCUT2D eigenvalue weighted by atomic mass is 10.1. The maximum atomic E-state index is 13.4. The molecule has 2 heterocycles. The van der Waals surface area contributed by atoms with Crippen LogP contribution in [0.4, 0.5) is 11.4 Å². The molecular weight excluding hydrogens is 443 g/mol. The Morgan fingerprint density at radius 2 is 1.73 bits per heavy atom. The number of halogens is 2. The monoisotopic (exact) mass is 458 g/mol. The molecular formula is C22H16Cl2N2O3S. The predicted octanol–water partition coefficient (Wildman–Crippen LogP) is 5.77. The van der Waals surface area contributed by atoms with E-state index in [2.05, 4.69) is 5.32 Å². The highest BCUT2D eigenvalue weighted by molar-refractivity contribution is 7.11. The number of methoxy groups -OCH3 is 1. The predicted molar refractivity (Wildman–Crippen MR) is 122 cm³/mol. The van der Waals surface area contributed by atoms with E-state index in [0.29, 0.717) is 37.6 Å². The van der Waals surface area contributed by atoms with Gasteiger partial charge in [-0.1, -0.05) is 29.3 Å². The Morgan fingerprint density at radius 1 is 1.00 bits per heavy atom. The molecule has 30 heavy (non-hydrogen) atoms. The van der Waals surface area contributed by atoms with Crippen LogP contribution in [0, 0.1) is 6.92 Å². The Kier molecular flexibility index (Phi) is 5.56. The molecule has 0 bridgehead atoms. The number of anilines is 2. The van der Waals surface area contributed by atoms with Gasteiger partial charge in [-0.2, -0.15) is 0 Å². The number of hydrogen-bond acceptors (Lipinski definition) is 5. The molecule has 0 saturated carbocycles. The average molecular weight is 459 g/mol. The fraction of sp³-hybridized carbons (Fsp3) is 0.0909. The summed E-state index contributed by atoms with van der Waals surface area (Å²) in [4.78, 5) is 28.7. The zero-order valence-corrected chi connectivity index (χ0v) is 18.4. The van der Waals surface area contributed by atoms with E-state index in [4.69, 9.17) is 27.9 Å². The summed E-state index contributed by atoms with van der Waals surface area (Å²) in [7, 11) is 1.47. The van der Waals surface area contributed by atoms with Gasteiger partial charge in [-0.3, -0.25) is 9.59 Å². The van der Waals surface area contributed by atoms with E-state index >= 15 is 0 Å². The lowest BCUT2D eigenvalue weighted by molar-refractivity contribution is -0.120. The van der Waals surface area contributed by atoms with Crippen molar-refractivity contribution in [3.8, 4) is 5.75 Å². The largest absolute Gasteiger partial charge is 0.495 e. The highest BCUT2D eigenvalue weighted by Gasteiger charge is 2.42. The third-order valence-corrected chi connectivity index (χ3v) is 6.04. The normalized spacial score (nSPS) is 13.9. The van der Waals surface area contributed by atoms with Crippen molar-refractivity contribution in [3.63, 3.8) is 0 Å². The number of ether oxygens (including phenoxy) is 1. The van der Waals surface area contributed by atoms with Crippen LogP contribution in [-0.4, -0.2) is 18.9 Å². The van der Waals surface area contributed by atoms with Crippen molar-refractivity contribution in [1.29, 1.82) is 0 Å². The molecule has 152 valence electrons. The fourth-order valence-corrected chi connectivity index (χ4v) is 4.41. The van der Waals surface area contributed by atoms with Gasteiger partial charge in [-0.25, -0.2) is 4.90 Å². The SMILES string of the molecule is COc1ccc(Cl)cc1N1C(=O)C(Nc2ccc(Cl)cc2C)=C(c2cccs2)C1=O. The lowest BCUT2D eigenvalue weighted by Crippen LogP contribution is -2.32. The minimum absolute atomic E-state index is 0.190. The summed E-state index contributed by atoms with van der Waals surface area (Å²) in [5.74, 6) is -0.564. The number of thiophene rings is 1. The highest BCUT2D eigenvalue weighted by Crippen LogP contribution is 2.40. The molecule has 4 rings (SSSR count). The van der Waals surface area contributed by atoms with Gasteiger partial charge < -0.3 is 10.1 Å². The molecule has 1 N–H and O–H groups in total. The van der Waals surface area contributed by atoms with Crippen LogP contribution in [0.5, 0.6) is 5.75 Å². The molecule has 0 atom stereocenters. The molecule has 2 amide bonds. The summed E-state index contributed by atoms with van der Waals surface area (Å²) in [6.07, 6.45) is 0. The van der Waals surface area contributed by atoms with Crippen molar-refractivity contribution in [2.24, 2.45) is 0 Å². The molecule has 0 fully saturated rings. The van der Waals surface area contributed by atoms with E-state index in [0.717, 1.165) is 10.5 Å². The van der Waals surface area contributed by atoms with Crippen molar-refractivity contribution < 1.29 is 14.3 Å². The van der Waals surface area contributed by atoms with Crippen LogP contribution in [0.2, 0.25) is 10.0 Å². The second kappa shape index (κ2) is 8.14. The van der Waals surface area contributed by atoms with E-state index in [1.165, 1.54) is 18.4 Å². The van der Waals surface area contributed by atoms with Gasteiger partial charge in [0.2, 0.25) is 0 Å². The maximum absolute atomic E-state index is 13.4. The molecule has 3 aromatic rings. The number of rotatable bonds is 5. The van der Waals surface area contributed by atoms with Gasteiger partial charge in [0.1, 0.15) is 11.4 Å². The van der Waals surface area contributed by atoms with Crippen molar-refractivity contribution in [2.45, 2.75) is 6.92 Å². The Hall–Kier alpha value is -2.80. The van der Waals surface area contributed by atoms with E-state index < -0.39 is 11.8 Å². The first-order chi connectivity index (χ1) is 14.4. The minimum Gasteiger partial charge on any atom is -0.495 e. The summed E-state index contributed by atoms with van der Waals surface area (Å²) in [6, 6.07) is 13.7. The minimum atomic E-state index is -0.488. The molecule has 0 aliphatic carbocycles. The van der Waals surface area contributed by atoms with Crippen molar-refractivity contribution in [1.82, 2.24) is 0 Å². The molecule has 0 saturated heterocycles. The summed E-state index contributed by atoms with van der Waals surface area (Å²) < 4.78 is 5.37. The van der Waals surface area contributed by atoms with Crippen LogP contribution in [0.1, 0.15) is 10.4 Å². The van der Waals surface area contributed by atoms with Crippen LogP contribution < -0.4 is 15.0 Å². The third-order valence-electron chi connectivity index (χ3n) is 4.68. The van der Waals surface area contributed by atoms with Crippen molar-refractivity contribution in [3.05, 3.63) is 80.1 Å². The van der Waals surface area contributed by atoms with Crippen LogP contribution in [0.15, 0.2) is 59.6 Å². The quantitative estimate of drug-likeness (QED) is 0.493. The third kappa shape index (κ3) is 3.58. The van der Waals surface area contributed by atoms with E-state index in [1.807, 2.05) is 18.4 Å². The van der Waals surface area contributed by atoms with Crippen LogP contribution in [-0.2, 0) is 9.59 Å². The topological polar surface area (TPSA) is 58.6 Å². The molecule has 1 aliphatic rings. The lowest BCUT2D eigenvalue weighted by Gasteiger charge is -2.19. The number of benzene rings is 2. The first kappa shape index (κ1) is 20.5. The molecule has 8 heteroatoms. The van der Waals surface area contributed by atoms with Gasteiger partial charge >= 0.3 is 0 Å². The molecule has 0 radical (unpaired) electrons. The zero-order chi connectivity index (χ0) is 21.4. The maximum Gasteiger partial charge on any atom is 0.282 e. The Bertz CT molecular complexity index is 1190. The summed E-state index contributed by atoms with van der Waals surface area (Å²) in [5, 5.41) is 5.98. The van der Waals surface area contributed by atoms with Gasteiger partial charge in [0.15, 0.2) is 0 Å². The van der Waals surface area contributed by atoms with E-state index in [-0.39, 0.29) is 5.70 Å². The molecule has 5 nitrogen and oxygen atoms in total. The molecule has 1 aliphatic heterocycles. The van der Waals surface area contributed by atoms with Gasteiger partial charge in [0, 0.05) is 20.6 Å². The van der Waals surface area contributed by atoms with E-state index in [1.54, 1.807) is 42.5 Å². The summed E-state index contributed by atoms with van der Waals surface area (Å²) in [5.41, 5.74) is 2.31. The number of hydrogen-bond donors (Lipinski definition) is 1. The number of nitrogens with one attached hydrogen (secondary N) is 1. The number of amides is 2. The van der Waals surface area contributed by atoms with Crippen LogP contribution >= 0.6 is 34.5 Å². The number of carbonyl (C=O) groups is 2. The Balaban J connectivity index is 1.84.